The lowest BCUT2D eigenvalue weighted by Crippen LogP contribution is -2.23. The minimum absolute atomic E-state index is 0.00678. The second-order valence-corrected chi connectivity index (χ2v) is 5.23. The minimum Gasteiger partial charge on any atom is -0.478 e. The Kier molecular flexibility index (Phi) is 4.45. The van der Waals surface area contributed by atoms with Gasteiger partial charge in [0.2, 0.25) is 0 Å². The summed E-state index contributed by atoms with van der Waals surface area (Å²) in [6, 6.07) is 1.31. The second kappa shape index (κ2) is 5.62. The maximum absolute atomic E-state index is 11.0. The molecule has 1 aromatic rings. The standard InChI is InChI=1S/C10H15N3O3S/c1-6(5-17(2)16)13-9-3-7(10(14)15)8(11)4-12-9/h3-4,6H,5,11H2,1-2H3,(H,12,13)(H,14,15). The quantitative estimate of drug-likeness (QED) is 0.711. The Morgan fingerprint density at radius 2 is 2.35 bits per heavy atom. The van der Waals surface area contributed by atoms with E-state index in [0.717, 1.165) is 0 Å². The van der Waals surface area contributed by atoms with E-state index in [1.807, 2.05) is 6.92 Å². The molecule has 0 spiro atoms. The number of pyridine rings is 1. The molecule has 1 rings (SSSR count). The number of rotatable bonds is 5. The predicted molar refractivity (Wildman–Crippen MR) is 67.6 cm³/mol. The molecular weight excluding hydrogens is 242 g/mol. The molecule has 0 radical (unpaired) electrons. The first-order valence-electron chi connectivity index (χ1n) is 4.95. The van der Waals surface area contributed by atoms with Crippen molar-refractivity contribution in [1.82, 2.24) is 4.98 Å². The topological polar surface area (TPSA) is 105 Å². The first kappa shape index (κ1) is 13.4. The van der Waals surface area contributed by atoms with Crippen LogP contribution in [-0.2, 0) is 10.8 Å². The summed E-state index contributed by atoms with van der Waals surface area (Å²) in [5.41, 5.74) is 5.61. The molecule has 0 saturated carbocycles. The Balaban J connectivity index is 2.82. The van der Waals surface area contributed by atoms with Crippen LogP contribution in [0.5, 0.6) is 0 Å². The average molecular weight is 257 g/mol. The van der Waals surface area contributed by atoms with Gasteiger partial charge in [-0.25, -0.2) is 9.78 Å². The van der Waals surface area contributed by atoms with Crippen molar-refractivity contribution in [2.45, 2.75) is 13.0 Å². The van der Waals surface area contributed by atoms with Crippen LogP contribution in [0.1, 0.15) is 17.3 Å². The number of nitrogens with zero attached hydrogens (tertiary/aromatic N) is 1. The molecule has 94 valence electrons. The highest BCUT2D eigenvalue weighted by molar-refractivity contribution is 7.84. The number of aromatic carboxylic acids is 1. The van der Waals surface area contributed by atoms with Crippen molar-refractivity contribution in [3.63, 3.8) is 0 Å². The van der Waals surface area contributed by atoms with Crippen molar-refractivity contribution in [1.29, 1.82) is 0 Å². The maximum Gasteiger partial charge on any atom is 0.337 e. The highest BCUT2D eigenvalue weighted by Crippen LogP contribution is 2.15. The van der Waals surface area contributed by atoms with Gasteiger partial charge in [0.25, 0.3) is 0 Å². The van der Waals surface area contributed by atoms with Gasteiger partial charge in [-0.15, -0.1) is 0 Å². The van der Waals surface area contributed by atoms with Gasteiger partial charge in [0, 0.05) is 28.9 Å². The van der Waals surface area contributed by atoms with Gasteiger partial charge in [0.1, 0.15) is 5.82 Å². The second-order valence-electron chi connectivity index (χ2n) is 3.75. The van der Waals surface area contributed by atoms with Crippen LogP contribution in [0.4, 0.5) is 11.5 Å². The first-order valence-corrected chi connectivity index (χ1v) is 6.68. The van der Waals surface area contributed by atoms with E-state index < -0.39 is 16.8 Å². The minimum atomic E-state index is -1.10. The van der Waals surface area contributed by atoms with E-state index in [2.05, 4.69) is 10.3 Å². The molecule has 0 aromatic carbocycles. The fraction of sp³-hybridized carbons (Fsp3) is 0.400. The molecule has 2 unspecified atom stereocenters. The molecule has 0 saturated heterocycles. The van der Waals surface area contributed by atoms with Crippen molar-refractivity contribution < 1.29 is 14.1 Å². The average Bonchev–Trinajstić information content (AvgIpc) is 2.19. The number of anilines is 2. The summed E-state index contributed by atoms with van der Waals surface area (Å²) in [6.07, 6.45) is 2.90. The van der Waals surface area contributed by atoms with Gasteiger partial charge < -0.3 is 16.2 Å². The van der Waals surface area contributed by atoms with Crippen molar-refractivity contribution in [2.24, 2.45) is 0 Å². The molecule has 1 aromatic heterocycles. The lowest BCUT2D eigenvalue weighted by atomic mass is 10.2. The molecule has 0 fully saturated rings. The van der Waals surface area contributed by atoms with Gasteiger partial charge in [-0.1, -0.05) is 0 Å². The number of hydrogen-bond donors (Lipinski definition) is 3. The van der Waals surface area contributed by atoms with Gasteiger partial charge >= 0.3 is 5.97 Å². The Labute approximate surface area is 102 Å². The van der Waals surface area contributed by atoms with E-state index in [-0.39, 0.29) is 17.3 Å². The van der Waals surface area contributed by atoms with E-state index in [9.17, 15) is 9.00 Å². The molecule has 0 aliphatic heterocycles. The fourth-order valence-corrected chi connectivity index (χ4v) is 2.16. The number of carboxylic acid groups (broad SMARTS) is 1. The third-order valence-corrected chi connectivity index (χ3v) is 3.01. The van der Waals surface area contributed by atoms with Crippen LogP contribution < -0.4 is 11.1 Å². The van der Waals surface area contributed by atoms with Crippen LogP contribution in [0, 0.1) is 0 Å². The number of carboxylic acids is 1. The Hall–Kier alpha value is -1.63. The summed E-state index contributed by atoms with van der Waals surface area (Å²) in [5, 5.41) is 11.9. The predicted octanol–water partition coefficient (Wildman–Crippen LogP) is 0.541. The monoisotopic (exact) mass is 257 g/mol. The van der Waals surface area contributed by atoms with E-state index in [1.165, 1.54) is 12.3 Å². The normalized spacial score (nSPS) is 14.0. The zero-order chi connectivity index (χ0) is 13.0. The molecule has 0 aliphatic rings. The lowest BCUT2D eigenvalue weighted by molar-refractivity contribution is 0.0698. The molecule has 0 aliphatic carbocycles. The van der Waals surface area contributed by atoms with Crippen molar-refractivity contribution in [2.75, 3.05) is 23.1 Å². The van der Waals surface area contributed by atoms with Crippen LogP contribution >= 0.6 is 0 Å². The number of nitrogen functional groups attached to an aromatic ring is 1. The molecule has 7 heteroatoms. The zero-order valence-electron chi connectivity index (χ0n) is 9.64. The highest BCUT2D eigenvalue weighted by Gasteiger charge is 2.11. The van der Waals surface area contributed by atoms with E-state index in [4.69, 9.17) is 10.8 Å². The van der Waals surface area contributed by atoms with Crippen molar-refractivity contribution in [3.8, 4) is 0 Å². The van der Waals surface area contributed by atoms with Crippen LogP contribution in [0.3, 0.4) is 0 Å². The van der Waals surface area contributed by atoms with Crippen LogP contribution in [-0.4, -0.2) is 38.3 Å². The van der Waals surface area contributed by atoms with Gasteiger partial charge in [-0.3, -0.25) is 4.21 Å². The maximum atomic E-state index is 11.0. The summed E-state index contributed by atoms with van der Waals surface area (Å²) in [5.74, 6) is -0.219. The molecule has 2 atom stereocenters. The molecular formula is C10H15N3O3S. The van der Waals surface area contributed by atoms with Crippen LogP contribution in [0.15, 0.2) is 12.3 Å². The molecule has 0 amide bonds. The van der Waals surface area contributed by atoms with Crippen LogP contribution in [0.2, 0.25) is 0 Å². The van der Waals surface area contributed by atoms with Crippen molar-refractivity contribution in [3.05, 3.63) is 17.8 Å². The van der Waals surface area contributed by atoms with E-state index in [0.29, 0.717) is 11.6 Å². The summed E-state index contributed by atoms with van der Waals surface area (Å²) < 4.78 is 11.0. The fourth-order valence-electron chi connectivity index (χ4n) is 1.38. The number of hydrogen-bond acceptors (Lipinski definition) is 5. The van der Waals surface area contributed by atoms with Gasteiger partial charge in [0.15, 0.2) is 0 Å². The van der Waals surface area contributed by atoms with E-state index >= 15 is 0 Å². The lowest BCUT2D eigenvalue weighted by Gasteiger charge is -2.13. The van der Waals surface area contributed by atoms with Gasteiger partial charge in [-0.05, 0) is 13.0 Å². The summed E-state index contributed by atoms with van der Waals surface area (Å²) in [7, 11) is -0.919. The highest BCUT2D eigenvalue weighted by atomic mass is 32.2. The molecule has 4 N–H and O–H groups in total. The van der Waals surface area contributed by atoms with Gasteiger partial charge in [-0.2, -0.15) is 0 Å². The first-order chi connectivity index (χ1) is 7.90. The third kappa shape index (κ3) is 4.03. The third-order valence-electron chi connectivity index (χ3n) is 2.04. The Morgan fingerprint density at radius 3 is 2.88 bits per heavy atom. The van der Waals surface area contributed by atoms with E-state index in [1.54, 1.807) is 6.26 Å². The number of carbonyl (C=O) groups is 1. The molecule has 1 heterocycles. The number of nitrogens with one attached hydrogen (secondary N) is 1. The smallest absolute Gasteiger partial charge is 0.337 e. The molecule has 0 bridgehead atoms. The van der Waals surface area contributed by atoms with Crippen molar-refractivity contribution >= 4 is 28.3 Å². The number of nitrogens with two attached hydrogens (primary N) is 1. The zero-order valence-corrected chi connectivity index (χ0v) is 10.5. The number of aromatic nitrogens is 1. The Morgan fingerprint density at radius 1 is 1.71 bits per heavy atom. The molecule has 17 heavy (non-hydrogen) atoms. The SMILES string of the molecule is CC(CS(C)=O)Nc1cc(C(=O)O)c(N)cn1. The van der Waals surface area contributed by atoms with Crippen LogP contribution in [0.25, 0.3) is 0 Å². The summed E-state index contributed by atoms with van der Waals surface area (Å²) >= 11 is 0. The largest absolute Gasteiger partial charge is 0.478 e. The molecule has 6 nitrogen and oxygen atoms in total. The summed E-state index contributed by atoms with van der Waals surface area (Å²) in [6.45, 7) is 1.85. The summed E-state index contributed by atoms with van der Waals surface area (Å²) in [4.78, 5) is 14.8. The Bertz CT molecular complexity index is 450. The van der Waals surface area contributed by atoms with Gasteiger partial charge in [0.05, 0.1) is 17.4 Å².